The van der Waals surface area contributed by atoms with Crippen molar-refractivity contribution in [2.75, 3.05) is 0 Å². The predicted octanol–water partition coefficient (Wildman–Crippen LogP) is 0.456. The van der Waals surface area contributed by atoms with Crippen molar-refractivity contribution in [2.45, 2.75) is 38.3 Å². The molecule has 13 heavy (non-hydrogen) atoms. The van der Waals surface area contributed by atoms with Crippen LogP contribution in [0.25, 0.3) is 0 Å². The van der Waals surface area contributed by atoms with E-state index in [4.69, 9.17) is 9.31 Å². The van der Waals surface area contributed by atoms with Crippen molar-refractivity contribution in [1.29, 1.82) is 0 Å². The van der Waals surface area contributed by atoms with Gasteiger partial charge in [-0.15, -0.1) is 0 Å². The van der Waals surface area contributed by atoms with E-state index >= 15 is 0 Å². The summed E-state index contributed by atoms with van der Waals surface area (Å²) in [4.78, 5) is 20.9. The van der Waals surface area contributed by atoms with E-state index in [1.165, 1.54) is 0 Å². The summed E-state index contributed by atoms with van der Waals surface area (Å²) >= 11 is 0. The molecule has 2 atom stereocenters. The van der Waals surface area contributed by atoms with Crippen LogP contribution in [0.2, 0.25) is 6.32 Å². The van der Waals surface area contributed by atoms with Gasteiger partial charge in [-0.25, -0.2) is 0 Å². The average molecular weight is 184 g/mol. The largest absolute Gasteiger partial charge is 0.458 e. The third kappa shape index (κ3) is 2.64. The summed E-state index contributed by atoms with van der Waals surface area (Å²) in [5.41, 5.74) is 0. The fraction of sp³-hybridized carbons (Fsp3) is 0.750. The molecule has 0 amide bonds. The van der Waals surface area contributed by atoms with Crippen LogP contribution in [0.3, 0.4) is 0 Å². The minimum atomic E-state index is -0.709. The Balaban J connectivity index is 2.38. The van der Waals surface area contributed by atoms with Gasteiger partial charge in [0.05, 0.1) is 0 Å². The summed E-state index contributed by atoms with van der Waals surface area (Å²) in [5.74, 6) is 0. The average Bonchev–Trinajstić information content (AvgIpc) is 2.57. The van der Waals surface area contributed by atoms with Crippen molar-refractivity contribution in [2.24, 2.45) is 0 Å². The fourth-order valence-corrected chi connectivity index (χ4v) is 1.26. The van der Waals surface area contributed by atoms with Crippen LogP contribution in [0.5, 0.6) is 0 Å². The van der Waals surface area contributed by atoms with Crippen molar-refractivity contribution < 1.29 is 18.9 Å². The molecule has 1 aliphatic heterocycles. The van der Waals surface area contributed by atoms with Crippen LogP contribution in [0, 0.1) is 0 Å². The number of rotatable bonds is 5. The number of unbranched alkanes of at least 4 members (excludes halogenated alkanes) is 1. The smallest absolute Gasteiger partial charge is 0.398 e. The molecule has 1 aliphatic rings. The lowest BCUT2D eigenvalue weighted by molar-refractivity contribution is -0.121. The van der Waals surface area contributed by atoms with Crippen molar-refractivity contribution in [3.63, 3.8) is 0 Å². The lowest BCUT2D eigenvalue weighted by atomic mass is 9.83. The summed E-state index contributed by atoms with van der Waals surface area (Å²) in [6.45, 7) is 2.06. The molecule has 5 heteroatoms. The van der Waals surface area contributed by atoms with Gasteiger partial charge in [0.25, 0.3) is 0 Å². The normalized spacial score (nSPS) is 27.6. The third-order valence-corrected chi connectivity index (χ3v) is 2.00. The molecule has 0 spiro atoms. The van der Waals surface area contributed by atoms with Crippen LogP contribution >= 0.6 is 0 Å². The lowest BCUT2D eigenvalue weighted by Crippen LogP contribution is -2.24. The van der Waals surface area contributed by atoms with Gasteiger partial charge in [0.2, 0.25) is 0 Å². The predicted molar refractivity (Wildman–Crippen MR) is 47.3 cm³/mol. The minimum Gasteiger partial charge on any atom is -0.398 e. The van der Waals surface area contributed by atoms with Crippen LogP contribution in [-0.4, -0.2) is 31.9 Å². The zero-order chi connectivity index (χ0) is 9.68. The number of hydrogen-bond acceptors (Lipinski definition) is 4. The SMILES string of the molecule is CCCCB1O[C@H](C=O)[C@@H](C=O)O1. The lowest BCUT2D eigenvalue weighted by Gasteiger charge is -2.02. The van der Waals surface area contributed by atoms with Crippen LogP contribution in [0.1, 0.15) is 19.8 Å². The molecule has 0 aromatic heterocycles. The first-order valence-corrected chi connectivity index (χ1v) is 4.53. The van der Waals surface area contributed by atoms with Gasteiger partial charge in [0.15, 0.2) is 0 Å². The van der Waals surface area contributed by atoms with Crippen molar-refractivity contribution in [1.82, 2.24) is 0 Å². The van der Waals surface area contributed by atoms with Gasteiger partial charge in [0.1, 0.15) is 24.8 Å². The van der Waals surface area contributed by atoms with E-state index in [9.17, 15) is 9.59 Å². The maximum Gasteiger partial charge on any atom is 0.458 e. The summed E-state index contributed by atoms with van der Waals surface area (Å²) in [6, 6.07) is 0. The van der Waals surface area contributed by atoms with E-state index in [0.29, 0.717) is 12.6 Å². The summed E-state index contributed by atoms with van der Waals surface area (Å²) < 4.78 is 10.4. The molecule has 0 unspecified atom stereocenters. The molecule has 72 valence electrons. The molecule has 1 fully saturated rings. The molecular weight excluding hydrogens is 171 g/mol. The Kier molecular flexibility index (Phi) is 4.11. The molecule has 4 nitrogen and oxygen atoms in total. The molecule has 0 aliphatic carbocycles. The van der Waals surface area contributed by atoms with E-state index in [2.05, 4.69) is 6.92 Å². The summed E-state index contributed by atoms with van der Waals surface area (Å²) in [6.07, 6.45) is 2.57. The second-order valence-corrected chi connectivity index (χ2v) is 3.05. The number of hydrogen-bond donors (Lipinski definition) is 0. The van der Waals surface area contributed by atoms with E-state index in [0.717, 1.165) is 19.2 Å². The molecular formula is C8H13BO4. The first-order chi connectivity index (χ1) is 6.31. The van der Waals surface area contributed by atoms with Gasteiger partial charge in [-0.05, 0) is 6.32 Å². The molecule has 0 radical (unpaired) electrons. The van der Waals surface area contributed by atoms with Gasteiger partial charge in [0, 0.05) is 0 Å². The zero-order valence-corrected chi connectivity index (χ0v) is 7.64. The minimum absolute atomic E-state index is 0.384. The Morgan fingerprint density at radius 1 is 1.23 bits per heavy atom. The van der Waals surface area contributed by atoms with E-state index < -0.39 is 12.2 Å². The highest BCUT2D eigenvalue weighted by molar-refractivity contribution is 6.45. The van der Waals surface area contributed by atoms with Crippen molar-refractivity contribution in [3.8, 4) is 0 Å². The Hall–Kier alpha value is -0.675. The fourth-order valence-electron chi connectivity index (χ4n) is 1.26. The Bertz CT molecular complexity index is 169. The van der Waals surface area contributed by atoms with E-state index in [-0.39, 0.29) is 7.12 Å². The maximum atomic E-state index is 10.4. The molecule has 1 saturated heterocycles. The van der Waals surface area contributed by atoms with Gasteiger partial charge in [-0.2, -0.15) is 0 Å². The molecule has 0 bridgehead atoms. The molecule has 0 saturated carbocycles. The van der Waals surface area contributed by atoms with Crippen LogP contribution < -0.4 is 0 Å². The topological polar surface area (TPSA) is 52.6 Å². The second kappa shape index (κ2) is 5.14. The zero-order valence-electron chi connectivity index (χ0n) is 7.64. The monoisotopic (exact) mass is 184 g/mol. The Morgan fingerprint density at radius 3 is 2.15 bits per heavy atom. The van der Waals surface area contributed by atoms with Gasteiger partial charge in [-0.3, -0.25) is 0 Å². The molecule has 0 N–H and O–H groups in total. The standard InChI is InChI=1S/C8H13BO4/c1-2-3-4-9-12-7(5-10)8(6-11)13-9/h5-8H,2-4H2,1H3/t7-,8-/m1/s1. The Morgan fingerprint density at radius 2 is 1.77 bits per heavy atom. The maximum absolute atomic E-state index is 10.4. The van der Waals surface area contributed by atoms with E-state index in [1.54, 1.807) is 0 Å². The Labute approximate surface area is 77.7 Å². The summed E-state index contributed by atoms with van der Waals surface area (Å²) in [7, 11) is -0.384. The highest BCUT2D eigenvalue weighted by atomic mass is 16.7. The number of aldehydes is 2. The molecule has 0 aromatic rings. The van der Waals surface area contributed by atoms with Gasteiger partial charge >= 0.3 is 7.12 Å². The first-order valence-electron chi connectivity index (χ1n) is 4.53. The van der Waals surface area contributed by atoms with Gasteiger partial charge in [-0.1, -0.05) is 19.8 Å². The number of carbonyl (C=O) groups excluding carboxylic acids is 2. The molecule has 1 rings (SSSR count). The van der Waals surface area contributed by atoms with Crippen molar-refractivity contribution >= 4 is 19.7 Å². The van der Waals surface area contributed by atoms with Gasteiger partial charge < -0.3 is 18.9 Å². The third-order valence-electron chi connectivity index (χ3n) is 2.00. The number of carbonyl (C=O) groups is 2. The molecule has 1 heterocycles. The summed E-state index contributed by atoms with van der Waals surface area (Å²) in [5, 5.41) is 0. The second-order valence-electron chi connectivity index (χ2n) is 3.05. The highest BCUT2D eigenvalue weighted by Crippen LogP contribution is 2.17. The molecule has 0 aromatic carbocycles. The van der Waals surface area contributed by atoms with E-state index in [1.807, 2.05) is 0 Å². The van der Waals surface area contributed by atoms with Crippen molar-refractivity contribution in [3.05, 3.63) is 0 Å². The first kappa shape index (κ1) is 10.4. The van der Waals surface area contributed by atoms with Crippen LogP contribution in [0.15, 0.2) is 0 Å². The van der Waals surface area contributed by atoms with Crippen LogP contribution in [-0.2, 0) is 18.9 Å². The highest BCUT2D eigenvalue weighted by Gasteiger charge is 2.38. The quantitative estimate of drug-likeness (QED) is 0.460. The van der Waals surface area contributed by atoms with Crippen LogP contribution in [0.4, 0.5) is 0 Å².